The molecule has 0 atom stereocenters. The Kier molecular flexibility index (Phi) is 8.59. The third-order valence-corrected chi connectivity index (χ3v) is 6.19. The van der Waals surface area contributed by atoms with E-state index in [-0.39, 0.29) is 17.1 Å². The molecule has 0 radical (unpaired) electrons. The summed E-state index contributed by atoms with van der Waals surface area (Å²) in [6.45, 7) is 5.16. The maximum Gasteiger partial charge on any atom is 0.189 e. The van der Waals surface area contributed by atoms with Crippen LogP contribution < -0.4 is 14.2 Å². The van der Waals surface area contributed by atoms with Gasteiger partial charge in [-0.05, 0) is 68.8 Å². The van der Waals surface area contributed by atoms with Gasteiger partial charge in [0.15, 0.2) is 17.3 Å². The SMILES string of the molecule is CCOc1cc(O)c(C(=O)/C=C/c2cc(OC)c(OC)cc2Br)cc1CN1CCCCC1. The molecule has 0 amide bonds. The summed E-state index contributed by atoms with van der Waals surface area (Å²) in [4.78, 5) is 15.3. The first-order chi connectivity index (χ1) is 15.5. The maximum atomic E-state index is 13.0. The molecule has 1 heterocycles. The van der Waals surface area contributed by atoms with E-state index in [1.54, 1.807) is 44.6 Å². The van der Waals surface area contributed by atoms with Gasteiger partial charge in [-0.15, -0.1) is 0 Å². The molecule has 6 nitrogen and oxygen atoms in total. The highest BCUT2D eigenvalue weighted by molar-refractivity contribution is 9.10. The number of halogens is 1. The largest absolute Gasteiger partial charge is 0.507 e. The number of nitrogens with zero attached hydrogens (tertiary/aromatic N) is 1. The Morgan fingerprint density at radius 3 is 2.41 bits per heavy atom. The first-order valence-electron chi connectivity index (χ1n) is 10.8. The van der Waals surface area contributed by atoms with E-state index in [9.17, 15) is 9.90 Å². The third kappa shape index (κ3) is 5.84. The van der Waals surface area contributed by atoms with Crippen LogP contribution in [0.4, 0.5) is 0 Å². The second-order valence-electron chi connectivity index (χ2n) is 7.67. The monoisotopic (exact) mass is 503 g/mol. The normalized spacial score (nSPS) is 14.5. The fourth-order valence-corrected chi connectivity index (χ4v) is 4.29. The smallest absolute Gasteiger partial charge is 0.189 e. The van der Waals surface area contributed by atoms with Crippen molar-refractivity contribution in [2.45, 2.75) is 32.7 Å². The minimum absolute atomic E-state index is 0.0862. The zero-order valence-electron chi connectivity index (χ0n) is 18.8. The molecule has 2 aromatic carbocycles. The maximum absolute atomic E-state index is 13.0. The number of rotatable bonds is 9. The molecule has 0 saturated carbocycles. The Balaban J connectivity index is 1.87. The van der Waals surface area contributed by atoms with Gasteiger partial charge in [0.05, 0.1) is 26.4 Å². The number of carbonyl (C=O) groups is 1. The molecular formula is C25H30BrNO5. The quantitative estimate of drug-likeness (QED) is 0.362. The Morgan fingerprint density at radius 2 is 1.75 bits per heavy atom. The van der Waals surface area contributed by atoms with Crippen LogP contribution in [0.25, 0.3) is 6.08 Å². The van der Waals surface area contributed by atoms with E-state index >= 15 is 0 Å². The van der Waals surface area contributed by atoms with E-state index in [4.69, 9.17) is 14.2 Å². The molecule has 172 valence electrons. The molecule has 0 aliphatic carbocycles. The second kappa shape index (κ2) is 11.4. The Morgan fingerprint density at radius 1 is 1.06 bits per heavy atom. The topological polar surface area (TPSA) is 68.2 Å². The van der Waals surface area contributed by atoms with Gasteiger partial charge in [-0.2, -0.15) is 0 Å². The van der Waals surface area contributed by atoms with Gasteiger partial charge in [0.1, 0.15) is 11.5 Å². The average Bonchev–Trinajstić information content (AvgIpc) is 2.80. The number of phenols is 1. The van der Waals surface area contributed by atoms with Crippen molar-refractivity contribution in [1.82, 2.24) is 4.90 Å². The lowest BCUT2D eigenvalue weighted by atomic mass is 10.0. The van der Waals surface area contributed by atoms with Crippen LogP contribution in [-0.4, -0.2) is 49.7 Å². The Labute approximate surface area is 197 Å². The third-order valence-electron chi connectivity index (χ3n) is 5.50. The zero-order chi connectivity index (χ0) is 23.1. The predicted molar refractivity (Wildman–Crippen MR) is 129 cm³/mol. The van der Waals surface area contributed by atoms with E-state index in [0.29, 0.717) is 30.4 Å². The Bertz CT molecular complexity index is 983. The highest BCUT2D eigenvalue weighted by atomic mass is 79.9. The van der Waals surface area contributed by atoms with E-state index in [1.165, 1.54) is 25.3 Å². The van der Waals surface area contributed by atoms with Crippen molar-refractivity contribution in [3.63, 3.8) is 0 Å². The fraction of sp³-hybridized carbons (Fsp3) is 0.400. The predicted octanol–water partition coefficient (Wildman–Crippen LogP) is 5.45. The van der Waals surface area contributed by atoms with Crippen LogP contribution >= 0.6 is 15.9 Å². The minimum Gasteiger partial charge on any atom is -0.507 e. The molecular weight excluding hydrogens is 474 g/mol. The summed E-state index contributed by atoms with van der Waals surface area (Å²) in [7, 11) is 3.13. The van der Waals surface area contributed by atoms with Gasteiger partial charge >= 0.3 is 0 Å². The van der Waals surface area contributed by atoms with Crippen LogP contribution in [0.15, 0.2) is 34.8 Å². The molecule has 1 aliphatic heterocycles. The number of hydrogen-bond acceptors (Lipinski definition) is 6. The fourth-order valence-electron chi connectivity index (χ4n) is 3.84. The van der Waals surface area contributed by atoms with Crippen LogP contribution in [0.3, 0.4) is 0 Å². The number of hydrogen-bond donors (Lipinski definition) is 1. The number of benzene rings is 2. The molecule has 7 heteroatoms. The van der Waals surface area contributed by atoms with E-state index in [1.807, 2.05) is 6.92 Å². The number of phenolic OH excluding ortho intramolecular Hbond substituents is 1. The molecule has 1 N–H and O–H groups in total. The molecule has 1 saturated heterocycles. The zero-order valence-corrected chi connectivity index (χ0v) is 20.4. The van der Waals surface area contributed by atoms with Gasteiger partial charge in [-0.3, -0.25) is 9.69 Å². The van der Waals surface area contributed by atoms with E-state index in [0.717, 1.165) is 28.7 Å². The number of piperidine rings is 1. The molecule has 1 aliphatic rings. The van der Waals surface area contributed by atoms with Crippen molar-refractivity contribution >= 4 is 27.8 Å². The lowest BCUT2D eigenvalue weighted by Crippen LogP contribution is -2.29. The number of methoxy groups -OCH3 is 2. The van der Waals surface area contributed by atoms with Crippen molar-refractivity contribution in [2.75, 3.05) is 33.9 Å². The molecule has 0 aromatic heterocycles. The molecule has 2 aromatic rings. The minimum atomic E-state index is -0.285. The van der Waals surface area contributed by atoms with E-state index < -0.39 is 0 Å². The highest BCUT2D eigenvalue weighted by Gasteiger charge is 2.18. The summed E-state index contributed by atoms with van der Waals surface area (Å²) >= 11 is 3.50. The summed E-state index contributed by atoms with van der Waals surface area (Å²) in [5.41, 5.74) is 1.93. The number of ether oxygens (including phenoxy) is 3. The molecule has 0 unspecified atom stereocenters. The second-order valence-corrected chi connectivity index (χ2v) is 8.53. The summed E-state index contributed by atoms with van der Waals surface area (Å²) in [5, 5.41) is 10.5. The lowest BCUT2D eigenvalue weighted by molar-refractivity contribution is 0.104. The van der Waals surface area contributed by atoms with Gasteiger partial charge in [-0.25, -0.2) is 0 Å². The standard InChI is InChI=1S/C25H30BrNO5/c1-4-32-23-15-22(29)19(12-18(23)16-27-10-6-5-7-11-27)21(28)9-8-17-13-24(30-2)25(31-3)14-20(17)26/h8-9,12-15,29H,4-7,10-11,16H2,1-3H3/b9-8+. The molecule has 0 spiro atoms. The van der Waals surface area contributed by atoms with Crippen molar-refractivity contribution in [1.29, 1.82) is 0 Å². The van der Waals surface area contributed by atoms with Crippen LogP contribution in [0.2, 0.25) is 0 Å². The number of carbonyl (C=O) groups excluding carboxylic acids is 1. The van der Waals surface area contributed by atoms with Gasteiger partial charge in [0, 0.05) is 22.6 Å². The van der Waals surface area contributed by atoms with Crippen molar-refractivity contribution in [2.24, 2.45) is 0 Å². The number of allylic oxidation sites excluding steroid dienone is 1. The molecule has 32 heavy (non-hydrogen) atoms. The van der Waals surface area contributed by atoms with Gasteiger partial charge < -0.3 is 19.3 Å². The van der Waals surface area contributed by atoms with Crippen LogP contribution in [0.5, 0.6) is 23.0 Å². The number of aromatic hydroxyl groups is 1. The summed E-state index contributed by atoms with van der Waals surface area (Å²) in [5.74, 6) is 1.41. The molecule has 3 rings (SSSR count). The number of ketones is 1. The lowest BCUT2D eigenvalue weighted by Gasteiger charge is -2.27. The van der Waals surface area contributed by atoms with Crippen LogP contribution in [0, 0.1) is 0 Å². The van der Waals surface area contributed by atoms with Crippen molar-refractivity contribution in [3.8, 4) is 23.0 Å². The van der Waals surface area contributed by atoms with Gasteiger partial charge in [0.25, 0.3) is 0 Å². The summed E-state index contributed by atoms with van der Waals surface area (Å²) < 4.78 is 17.1. The summed E-state index contributed by atoms with van der Waals surface area (Å²) in [6.07, 6.45) is 6.75. The first kappa shape index (κ1) is 24.1. The molecule has 1 fully saturated rings. The number of likely N-dealkylation sites (tertiary alicyclic amines) is 1. The first-order valence-corrected chi connectivity index (χ1v) is 11.6. The van der Waals surface area contributed by atoms with E-state index in [2.05, 4.69) is 20.8 Å². The van der Waals surface area contributed by atoms with Gasteiger partial charge in [0.2, 0.25) is 0 Å². The van der Waals surface area contributed by atoms with Crippen molar-refractivity contribution < 1.29 is 24.1 Å². The highest BCUT2D eigenvalue weighted by Crippen LogP contribution is 2.34. The average molecular weight is 504 g/mol. The molecule has 0 bridgehead atoms. The summed E-state index contributed by atoms with van der Waals surface area (Å²) in [6, 6.07) is 6.88. The van der Waals surface area contributed by atoms with Gasteiger partial charge in [-0.1, -0.05) is 22.4 Å². The van der Waals surface area contributed by atoms with Crippen LogP contribution in [-0.2, 0) is 6.54 Å². The Hall–Kier alpha value is -2.51. The van der Waals surface area contributed by atoms with Crippen molar-refractivity contribution in [3.05, 3.63) is 51.5 Å². The van der Waals surface area contributed by atoms with Crippen LogP contribution in [0.1, 0.15) is 47.7 Å².